The molecule has 2 heterocycles. The van der Waals surface area contributed by atoms with Crippen LogP contribution >= 0.6 is 11.6 Å². The van der Waals surface area contributed by atoms with Crippen LogP contribution in [0.5, 0.6) is 5.75 Å². The molecule has 1 aliphatic heterocycles. The number of piperidine rings is 1. The molecule has 2 aromatic carbocycles. The Morgan fingerprint density at radius 2 is 1.94 bits per heavy atom. The maximum absolute atomic E-state index is 13.0. The number of hydrogen-bond donors (Lipinski definition) is 1. The Morgan fingerprint density at radius 3 is 2.66 bits per heavy atom. The predicted octanol–water partition coefficient (Wildman–Crippen LogP) is 4.52. The van der Waals surface area contributed by atoms with E-state index < -0.39 is 12.4 Å². The Hall–Kier alpha value is -3.60. The summed E-state index contributed by atoms with van der Waals surface area (Å²) in [6.07, 6.45) is -0.0165. The van der Waals surface area contributed by atoms with Gasteiger partial charge in [-0.25, -0.2) is 9.67 Å². The van der Waals surface area contributed by atoms with Crippen LogP contribution in [0.2, 0.25) is 5.02 Å². The van der Waals surface area contributed by atoms with Crippen molar-refractivity contribution in [2.24, 2.45) is 0 Å². The van der Waals surface area contributed by atoms with Crippen LogP contribution in [-0.4, -0.2) is 50.4 Å². The van der Waals surface area contributed by atoms with Crippen LogP contribution in [-0.2, 0) is 16.1 Å². The van der Waals surface area contributed by atoms with Crippen LogP contribution in [0.1, 0.15) is 19.3 Å². The first-order valence-electron chi connectivity index (χ1n) is 10.8. The number of anilines is 1. The molecule has 35 heavy (non-hydrogen) atoms. The Labute approximate surface area is 203 Å². The molecule has 12 heteroatoms. The van der Waals surface area contributed by atoms with Crippen LogP contribution in [0, 0.1) is 0 Å². The predicted molar refractivity (Wildman–Crippen MR) is 122 cm³/mol. The third-order valence-electron chi connectivity index (χ3n) is 5.53. The van der Waals surface area contributed by atoms with Gasteiger partial charge >= 0.3 is 6.36 Å². The molecule has 1 fully saturated rings. The Balaban J connectivity index is 1.49. The lowest BCUT2D eigenvalue weighted by Gasteiger charge is -2.34. The lowest BCUT2D eigenvalue weighted by molar-refractivity contribution is -0.274. The lowest BCUT2D eigenvalue weighted by Crippen LogP contribution is -2.51. The third-order valence-corrected chi connectivity index (χ3v) is 5.84. The Bertz CT molecular complexity index is 1200. The molecule has 8 nitrogen and oxygen atoms in total. The number of likely N-dealkylation sites (tertiary alicyclic amines) is 1. The van der Waals surface area contributed by atoms with Crippen LogP contribution in [0.25, 0.3) is 11.1 Å². The highest BCUT2D eigenvalue weighted by Crippen LogP contribution is 2.38. The van der Waals surface area contributed by atoms with Crippen LogP contribution in [0.15, 0.2) is 55.1 Å². The van der Waals surface area contributed by atoms with E-state index in [1.54, 1.807) is 6.07 Å². The van der Waals surface area contributed by atoms with E-state index in [4.69, 9.17) is 11.6 Å². The van der Waals surface area contributed by atoms with Gasteiger partial charge < -0.3 is 15.0 Å². The van der Waals surface area contributed by atoms with E-state index in [9.17, 15) is 22.8 Å². The van der Waals surface area contributed by atoms with Gasteiger partial charge in [0.05, 0.1) is 5.02 Å². The number of carbonyl (C=O) groups is 2. The number of carbonyl (C=O) groups excluding carboxylic acids is 2. The molecule has 0 unspecified atom stereocenters. The molecular formula is C23H21ClF3N5O3. The number of ether oxygens (including phenoxy) is 1. The normalized spacial score (nSPS) is 16.1. The molecule has 3 aromatic rings. The first-order valence-corrected chi connectivity index (χ1v) is 11.2. The maximum atomic E-state index is 13.0. The van der Waals surface area contributed by atoms with E-state index in [1.807, 2.05) is 0 Å². The number of alkyl halides is 3. The topological polar surface area (TPSA) is 89.4 Å². The zero-order valence-corrected chi connectivity index (χ0v) is 19.1. The number of rotatable bonds is 6. The number of para-hydroxylation sites is 1. The summed E-state index contributed by atoms with van der Waals surface area (Å²) in [6.45, 7) is 0.422. The largest absolute Gasteiger partial charge is 0.573 e. The van der Waals surface area contributed by atoms with Crippen LogP contribution in [0.4, 0.5) is 18.9 Å². The fourth-order valence-corrected chi connectivity index (χ4v) is 4.27. The molecule has 0 saturated carbocycles. The van der Waals surface area contributed by atoms with Gasteiger partial charge in [-0.15, -0.1) is 13.2 Å². The molecule has 0 spiro atoms. The van der Waals surface area contributed by atoms with Gasteiger partial charge in [-0.05, 0) is 37.5 Å². The number of benzene rings is 2. The molecule has 0 radical (unpaired) electrons. The minimum Gasteiger partial charge on any atom is -0.405 e. The van der Waals surface area contributed by atoms with Crippen molar-refractivity contribution in [3.8, 4) is 16.9 Å². The van der Waals surface area contributed by atoms with Gasteiger partial charge in [0.2, 0.25) is 11.8 Å². The molecule has 4 rings (SSSR count). The van der Waals surface area contributed by atoms with Gasteiger partial charge in [-0.3, -0.25) is 9.59 Å². The lowest BCUT2D eigenvalue weighted by atomic mass is 10.0. The maximum Gasteiger partial charge on any atom is 0.573 e. The van der Waals surface area contributed by atoms with Crippen molar-refractivity contribution in [3.63, 3.8) is 0 Å². The van der Waals surface area contributed by atoms with E-state index in [-0.39, 0.29) is 34.7 Å². The number of nitrogens with zero attached hydrogens (tertiary/aromatic N) is 4. The van der Waals surface area contributed by atoms with Crippen molar-refractivity contribution < 1.29 is 27.5 Å². The van der Waals surface area contributed by atoms with Gasteiger partial charge in [0.25, 0.3) is 0 Å². The summed E-state index contributed by atoms with van der Waals surface area (Å²) in [4.78, 5) is 31.1. The van der Waals surface area contributed by atoms with Crippen molar-refractivity contribution in [1.82, 2.24) is 19.7 Å². The second-order valence-corrected chi connectivity index (χ2v) is 8.33. The number of halogens is 4. The van der Waals surface area contributed by atoms with E-state index in [1.165, 1.54) is 58.6 Å². The molecule has 1 aliphatic rings. The summed E-state index contributed by atoms with van der Waals surface area (Å²) >= 11 is 6.37. The summed E-state index contributed by atoms with van der Waals surface area (Å²) in [6, 6.07) is 9.47. The molecule has 184 valence electrons. The minimum absolute atomic E-state index is 0.0241. The number of aromatic nitrogens is 3. The van der Waals surface area contributed by atoms with E-state index in [2.05, 4.69) is 20.1 Å². The molecule has 0 bridgehead atoms. The smallest absolute Gasteiger partial charge is 0.405 e. The average molecular weight is 508 g/mol. The van der Waals surface area contributed by atoms with Crippen molar-refractivity contribution in [2.75, 3.05) is 11.9 Å². The number of hydrogen-bond acceptors (Lipinski definition) is 5. The minimum atomic E-state index is -4.85. The second-order valence-electron chi connectivity index (χ2n) is 7.92. The number of nitrogens with one attached hydrogen (secondary N) is 1. The summed E-state index contributed by atoms with van der Waals surface area (Å²) in [5, 5.41) is 6.82. The summed E-state index contributed by atoms with van der Waals surface area (Å²) < 4.78 is 43.8. The Morgan fingerprint density at radius 1 is 1.14 bits per heavy atom. The fraction of sp³-hybridized carbons (Fsp3) is 0.304. The molecular weight excluding hydrogens is 487 g/mol. The molecule has 0 aliphatic carbocycles. The highest BCUT2D eigenvalue weighted by atomic mass is 35.5. The molecule has 1 saturated heterocycles. The van der Waals surface area contributed by atoms with E-state index in [0.29, 0.717) is 24.2 Å². The quantitative estimate of drug-likeness (QED) is 0.530. The van der Waals surface area contributed by atoms with Crippen LogP contribution in [0.3, 0.4) is 0 Å². The van der Waals surface area contributed by atoms with Crippen molar-refractivity contribution >= 4 is 29.1 Å². The van der Waals surface area contributed by atoms with E-state index in [0.717, 1.165) is 12.8 Å². The molecule has 1 atom stereocenters. The molecule has 1 N–H and O–H groups in total. The first kappa shape index (κ1) is 24.5. The number of amides is 2. The molecule has 1 aromatic heterocycles. The summed E-state index contributed by atoms with van der Waals surface area (Å²) in [5.41, 5.74) is 0.823. The van der Waals surface area contributed by atoms with Gasteiger partial charge in [-0.2, -0.15) is 5.10 Å². The summed E-state index contributed by atoms with van der Waals surface area (Å²) in [5.74, 6) is -1.01. The zero-order valence-electron chi connectivity index (χ0n) is 18.3. The standard InChI is InChI=1S/C23H21ClF3N5O3/c24-18-11-15(8-9-16(18)17-5-1-2-7-20(17)35-23(25,26)27)30-22(34)19-6-3-4-10-32(19)21(33)12-31-14-28-13-29-31/h1-2,5,7-9,11,13-14,19H,3-4,6,10,12H2,(H,30,34)/t19-/m1/s1. The molecule has 2 amide bonds. The second kappa shape index (κ2) is 10.3. The van der Waals surface area contributed by atoms with E-state index >= 15 is 0 Å². The monoisotopic (exact) mass is 507 g/mol. The fourth-order valence-electron chi connectivity index (χ4n) is 3.99. The highest BCUT2D eigenvalue weighted by Gasteiger charge is 2.33. The summed E-state index contributed by atoms with van der Waals surface area (Å²) in [7, 11) is 0. The van der Waals surface area contributed by atoms with Crippen molar-refractivity contribution in [3.05, 3.63) is 60.1 Å². The highest BCUT2D eigenvalue weighted by molar-refractivity contribution is 6.33. The van der Waals surface area contributed by atoms with Gasteiger partial charge in [0.15, 0.2) is 0 Å². The van der Waals surface area contributed by atoms with Gasteiger partial charge in [0.1, 0.15) is 31.0 Å². The van der Waals surface area contributed by atoms with Crippen molar-refractivity contribution in [2.45, 2.75) is 38.2 Å². The zero-order chi connectivity index (χ0) is 25.0. The van der Waals surface area contributed by atoms with Gasteiger partial charge in [-0.1, -0.05) is 35.9 Å². The third kappa shape index (κ3) is 6.10. The van der Waals surface area contributed by atoms with Crippen LogP contribution < -0.4 is 10.1 Å². The first-order chi connectivity index (χ1) is 16.7. The van der Waals surface area contributed by atoms with Gasteiger partial charge in [0, 0.05) is 23.4 Å². The van der Waals surface area contributed by atoms with Crippen molar-refractivity contribution in [1.29, 1.82) is 0 Å². The Kier molecular flexibility index (Phi) is 7.25. The SMILES string of the molecule is O=C(Nc1ccc(-c2ccccc2OC(F)(F)F)c(Cl)c1)[C@H]1CCCCN1C(=O)Cn1cncn1. The average Bonchev–Trinajstić information content (AvgIpc) is 3.32.